The molecule has 2 N–H and O–H groups in total. The minimum Gasteiger partial charge on any atom is -0.478 e. The van der Waals surface area contributed by atoms with Crippen molar-refractivity contribution in [2.24, 2.45) is 0 Å². The van der Waals surface area contributed by atoms with Crippen molar-refractivity contribution in [2.45, 2.75) is 0 Å². The minimum atomic E-state index is -1.26. The quantitative estimate of drug-likeness (QED) is 0.840. The first-order valence-electron chi connectivity index (χ1n) is 5.78. The molecule has 0 aromatic heterocycles. The molecule has 0 unspecified atom stereocenters. The number of benzene rings is 2. The molecule has 0 bridgehead atoms. The van der Waals surface area contributed by atoms with Gasteiger partial charge in [-0.3, -0.25) is 0 Å². The number of aliphatic carboxylic acids is 2. The Balaban J connectivity index is 0.000000221. The summed E-state index contributed by atoms with van der Waals surface area (Å²) in [5, 5.41) is 18.2. The third-order valence-corrected chi connectivity index (χ3v) is 2.41. The Morgan fingerprint density at radius 2 is 1.45 bits per heavy atom. The van der Waals surface area contributed by atoms with Crippen molar-refractivity contribution in [2.75, 3.05) is 0 Å². The molecular formula is C16H14O4. The van der Waals surface area contributed by atoms with Crippen molar-refractivity contribution in [3.8, 4) is 0 Å². The number of rotatable bonds is 3. The third-order valence-electron chi connectivity index (χ3n) is 2.41. The molecule has 0 atom stereocenters. The summed E-state index contributed by atoms with van der Waals surface area (Å²) in [4.78, 5) is 19.1. The summed E-state index contributed by atoms with van der Waals surface area (Å²) in [5.41, 5.74) is 1.20. The predicted molar refractivity (Wildman–Crippen MR) is 78.5 cm³/mol. The van der Waals surface area contributed by atoms with Crippen LogP contribution in [-0.2, 0) is 9.59 Å². The van der Waals surface area contributed by atoms with Crippen LogP contribution in [0.25, 0.3) is 16.8 Å². The van der Waals surface area contributed by atoms with Crippen LogP contribution in [0.5, 0.6) is 0 Å². The van der Waals surface area contributed by atoms with E-state index in [0.29, 0.717) is 12.2 Å². The van der Waals surface area contributed by atoms with Crippen LogP contribution >= 0.6 is 0 Å². The molecule has 0 spiro atoms. The van der Waals surface area contributed by atoms with Gasteiger partial charge >= 0.3 is 11.9 Å². The van der Waals surface area contributed by atoms with Crippen LogP contribution in [0.15, 0.2) is 61.2 Å². The van der Waals surface area contributed by atoms with Gasteiger partial charge in [0.1, 0.15) is 0 Å². The Bertz CT molecular complexity index is 635. The molecule has 0 amide bonds. The highest BCUT2D eigenvalue weighted by molar-refractivity contribution is 5.90. The zero-order valence-corrected chi connectivity index (χ0v) is 10.7. The molecule has 0 saturated heterocycles. The molecule has 4 nitrogen and oxygen atoms in total. The fraction of sp³-hybridized carbons (Fsp3) is 0. The predicted octanol–water partition coefficient (Wildman–Crippen LogP) is 3.19. The van der Waals surface area contributed by atoms with Crippen LogP contribution < -0.4 is 0 Å². The molecule has 20 heavy (non-hydrogen) atoms. The first-order chi connectivity index (χ1) is 9.54. The number of carboxylic acids is 2. The lowest BCUT2D eigenvalue weighted by atomic mass is 10.1. The molecule has 0 aliphatic carbocycles. The summed E-state index contributed by atoms with van der Waals surface area (Å²) in [5.74, 6) is -2.51. The number of fused-ring (bicyclic) bond motifs is 1. The number of carboxylic acid groups (broad SMARTS) is 2. The van der Waals surface area contributed by atoms with Gasteiger partial charge in [-0.1, -0.05) is 55.1 Å². The van der Waals surface area contributed by atoms with E-state index >= 15 is 0 Å². The zero-order valence-electron chi connectivity index (χ0n) is 10.7. The molecule has 2 aromatic carbocycles. The van der Waals surface area contributed by atoms with Gasteiger partial charge in [0.15, 0.2) is 0 Å². The van der Waals surface area contributed by atoms with Crippen LogP contribution in [0, 0.1) is 0 Å². The van der Waals surface area contributed by atoms with Gasteiger partial charge in [0.05, 0.1) is 0 Å². The maximum absolute atomic E-state index is 9.55. The molecular weight excluding hydrogens is 256 g/mol. The molecule has 2 rings (SSSR count). The fourth-order valence-electron chi connectivity index (χ4n) is 1.57. The fourth-order valence-corrected chi connectivity index (χ4v) is 1.57. The highest BCUT2D eigenvalue weighted by atomic mass is 16.4. The van der Waals surface area contributed by atoms with Crippen molar-refractivity contribution >= 4 is 28.8 Å². The number of carbonyl (C=O) groups is 2. The van der Waals surface area contributed by atoms with Crippen molar-refractivity contribution in [3.63, 3.8) is 0 Å². The van der Waals surface area contributed by atoms with Crippen LogP contribution in [0.4, 0.5) is 0 Å². The van der Waals surface area contributed by atoms with Crippen molar-refractivity contribution in [3.05, 3.63) is 66.8 Å². The minimum absolute atomic E-state index is 0.558. The average Bonchev–Trinajstić information content (AvgIpc) is 2.45. The molecule has 4 heteroatoms. The van der Waals surface area contributed by atoms with Crippen molar-refractivity contribution in [1.82, 2.24) is 0 Å². The molecule has 2 aromatic rings. The smallest absolute Gasteiger partial charge is 0.328 e. The molecule has 0 heterocycles. The summed E-state index contributed by atoms with van der Waals surface area (Å²) < 4.78 is 0. The van der Waals surface area contributed by atoms with E-state index in [9.17, 15) is 9.59 Å². The molecule has 0 saturated carbocycles. The molecule has 102 valence electrons. The van der Waals surface area contributed by atoms with Crippen molar-refractivity contribution in [1.29, 1.82) is 0 Å². The maximum Gasteiger partial charge on any atom is 0.328 e. The van der Waals surface area contributed by atoms with Gasteiger partial charge in [-0.15, -0.1) is 0 Å². The van der Waals surface area contributed by atoms with E-state index < -0.39 is 11.9 Å². The Morgan fingerprint density at radius 1 is 0.900 bits per heavy atom. The Morgan fingerprint density at radius 3 is 2.00 bits per heavy atom. The zero-order chi connectivity index (χ0) is 15.0. The van der Waals surface area contributed by atoms with Crippen LogP contribution in [0.1, 0.15) is 5.56 Å². The molecule has 0 fully saturated rings. The lowest BCUT2D eigenvalue weighted by molar-refractivity contribution is -0.134. The third kappa shape index (κ3) is 4.78. The standard InChI is InChI=1S/C12H10.C4H4O4/c1-2-10-7-5-8-11-6-3-4-9-12(10)11;5-3(6)1-2-4(7)8/h2-9H,1H2;1-2H,(H,5,6)(H,7,8)/b;2-1-. The van der Waals surface area contributed by atoms with E-state index in [1.165, 1.54) is 16.3 Å². The Labute approximate surface area is 116 Å². The first-order valence-corrected chi connectivity index (χ1v) is 5.78. The molecule has 0 aliphatic heterocycles. The van der Waals surface area contributed by atoms with E-state index in [4.69, 9.17) is 10.2 Å². The lowest BCUT2D eigenvalue weighted by Gasteiger charge is -1.99. The van der Waals surface area contributed by atoms with Gasteiger partial charge in [0.2, 0.25) is 0 Å². The van der Waals surface area contributed by atoms with E-state index in [2.05, 4.69) is 49.0 Å². The Hall–Kier alpha value is -2.88. The SMILES string of the molecule is C=Cc1cccc2ccccc12.O=C(O)/C=C\C(=O)O. The highest BCUT2D eigenvalue weighted by Gasteiger charge is 1.93. The largest absolute Gasteiger partial charge is 0.478 e. The van der Waals surface area contributed by atoms with Crippen LogP contribution in [0.2, 0.25) is 0 Å². The van der Waals surface area contributed by atoms with E-state index in [1.807, 2.05) is 6.08 Å². The summed E-state index contributed by atoms with van der Waals surface area (Å²) in [7, 11) is 0. The highest BCUT2D eigenvalue weighted by Crippen LogP contribution is 2.18. The number of hydrogen-bond donors (Lipinski definition) is 2. The topological polar surface area (TPSA) is 74.6 Å². The monoisotopic (exact) mass is 270 g/mol. The first kappa shape index (κ1) is 15.2. The average molecular weight is 270 g/mol. The van der Waals surface area contributed by atoms with Gasteiger partial charge in [0.25, 0.3) is 0 Å². The van der Waals surface area contributed by atoms with Crippen LogP contribution in [0.3, 0.4) is 0 Å². The van der Waals surface area contributed by atoms with Crippen LogP contribution in [-0.4, -0.2) is 22.2 Å². The second-order valence-electron chi connectivity index (χ2n) is 3.78. The second-order valence-corrected chi connectivity index (χ2v) is 3.78. The summed E-state index contributed by atoms with van der Waals surface area (Å²) >= 11 is 0. The van der Waals surface area contributed by atoms with E-state index in [-0.39, 0.29) is 0 Å². The van der Waals surface area contributed by atoms with Gasteiger partial charge in [0, 0.05) is 12.2 Å². The van der Waals surface area contributed by atoms with Gasteiger partial charge < -0.3 is 10.2 Å². The molecule has 0 radical (unpaired) electrons. The second kappa shape index (κ2) is 7.53. The summed E-state index contributed by atoms with van der Waals surface area (Å²) in [6.45, 7) is 3.78. The van der Waals surface area contributed by atoms with Gasteiger partial charge in [-0.05, 0) is 16.3 Å². The maximum atomic E-state index is 9.55. The van der Waals surface area contributed by atoms with E-state index in [0.717, 1.165) is 0 Å². The molecule has 0 aliphatic rings. The number of hydrogen-bond acceptors (Lipinski definition) is 2. The van der Waals surface area contributed by atoms with Gasteiger partial charge in [-0.2, -0.15) is 0 Å². The normalized spacial score (nSPS) is 9.80. The summed E-state index contributed by atoms with van der Waals surface area (Å²) in [6.07, 6.45) is 3.01. The van der Waals surface area contributed by atoms with Gasteiger partial charge in [-0.25, -0.2) is 9.59 Å². The van der Waals surface area contributed by atoms with E-state index in [1.54, 1.807) is 0 Å². The Kier molecular flexibility index (Phi) is 5.72. The lowest BCUT2D eigenvalue weighted by Crippen LogP contribution is -1.91. The van der Waals surface area contributed by atoms with Crippen molar-refractivity contribution < 1.29 is 19.8 Å². The summed E-state index contributed by atoms with van der Waals surface area (Å²) in [6, 6.07) is 14.6.